The summed E-state index contributed by atoms with van der Waals surface area (Å²) in [6.07, 6.45) is 1.28. The van der Waals surface area contributed by atoms with Crippen LogP contribution in [0.2, 0.25) is 0 Å². The van der Waals surface area contributed by atoms with Crippen molar-refractivity contribution in [1.82, 2.24) is 10.3 Å². The van der Waals surface area contributed by atoms with Crippen molar-refractivity contribution in [2.24, 2.45) is 21.2 Å². The van der Waals surface area contributed by atoms with E-state index in [4.69, 9.17) is 0 Å². The summed E-state index contributed by atoms with van der Waals surface area (Å²) >= 11 is 0. The zero-order chi connectivity index (χ0) is 18.8. The average Bonchev–Trinajstić information content (AvgIpc) is 3.02. The number of azo groups is 1. The molecule has 2 N–H and O–H groups in total. The molecule has 0 radical (unpaired) electrons. The molecule has 0 aliphatic carbocycles. The quantitative estimate of drug-likeness (QED) is 0.474. The van der Waals surface area contributed by atoms with Crippen molar-refractivity contribution in [2.75, 3.05) is 7.05 Å². The highest BCUT2D eigenvalue weighted by Gasteiger charge is 2.43. The average molecular weight is 355 g/mol. The topological polar surface area (TPSA) is 124 Å². The third kappa shape index (κ3) is 3.23. The van der Waals surface area contributed by atoms with E-state index in [-0.39, 0.29) is 23.7 Å². The molecule has 2 atom stereocenters. The van der Waals surface area contributed by atoms with Gasteiger partial charge in [0.05, 0.1) is 29.8 Å². The van der Waals surface area contributed by atoms with E-state index in [1.807, 2.05) is 0 Å². The second-order valence-electron chi connectivity index (χ2n) is 6.05. The SMILES string of the molecule is CC1C(=O)N(C)C(=O)C2=C1N=NC2CC(=O)N/N=C/c1cccc(O)c1. The van der Waals surface area contributed by atoms with E-state index in [1.165, 1.54) is 25.4 Å². The molecule has 0 saturated heterocycles. The van der Waals surface area contributed by atoms with Gasteiger partial charge < -0.3 is 5.11 Å². The number of hydrazone groups is 1. The van der Waals surface area contributed by atoms with Crippen molar-refractivity contribution in [1.29, 1.82) is 0 Å². The normalized spacial score (nSPS) is 22.3. The van der Waals surface area contributed by atoms with E-state index in [2.05, 4.69) is 20.8 Å². The Hall–Kier alpha value is -3.36. The summed E-state index contributed by atoms with van der Waals surface area (Å²) in [7, 11) is 1.40. The zero-order valence-electron chi connectivity index (χ0n) is 14.2. The molecule has 3 amide bonds. The summed E-state index contributed by atoms with van der Waals surface area (Å²) < 4.78 is 0. The Labute approximate surface area is 149 Å². The zero-order valence-corrected chi connectivity index (χ0v) is 14.2. The summed E-state index contributed by atoms with van der Waals surface area (Å²) in [5.41, 5.74) is 3.59. The second-order valence-corrected chi connectivity index (χ2v) is 6.05. The number of carbonyl (C=O) groups is 3. The molecule has 1 aromatic carbocycles. The molecule has 1 aromatic rings. The number of phenolic OH excluding ortho intramolecular Hbond substituents is 1. The Morgan fingerprint density at radius 3 is 2.92 bits per heavy atom. The van der Waals surface area contributed by atoms with Gasteiger partial charge in [0.2, 0.25) is 11.8 Å². The molecule has 2 unspecified atom stereocenters. The fraction of sp³-hybridized carbons (Fsp3) is 0.294. The Morgan fingerprint density at radius 2 is 2.19 bits per heavy atom. The van der Waals surface area contributed by atoms with Crippen LogP contribution in [0.25, 0.3) is 0 Å². The molecule has 0 fully saturated rings. The van der Waals surface area contributed by atoms with Crippen molar-refractivity contribution in [3.63, 3.8) is 0 Å². The number of carbonyl (C=O) groups excluding carboxylic acids is 3. The minimum absolute atomic E-state index is 0.0923. The Kier molecular flexibility index (Phi) is 4.61. The van der Waals surface area contributed by atoms with Crippen molar-refractivity contribution in [3.8, 4) is 5.75 Å². The van der Waals surface area contributed by atoms with Crippen LogP contribution in [0.15, 0.2) is 50.9 Å². The molecule has 0 spiro atoms. The summed E-state index contributed by atoms with van der Waals surface area (Å²) in [6.45, 7) is 1.65. The van der Waals surface area contributed by atoms with E-state index in [9.17, 15) is 19.5 Å². The van der Waals surface area contributed by atoms with Crippen LogP contribution in [0.3, 0.4) is 0 Å². The van der Waals surface area contributed by atoms with Crippen LogP contribution in [-0.2, 0) is 14.4 Å². The molecule has 2 heterocycles. The van der Waals surface area contributed by atoms with Gasteiger partial charge in [-0.2, -0.15) is 15.3 Å². The number of nitrogens with zero attached hydrogens (tertiary/aromatic N) is 4. The first kappa shape index (κ1) is 17.5. The molecule has 26 heavy (non-hydrogen) atoms. The van der Waals surface area contributed by atoms with E-state index < -0.39 is 23.8 Å². The second kappa shape index (κ2) is 6.87. The van der Waals surface area contributed by atoms with Gasteiger partial charge in [-0.1, -0.05) is 12.1 Å². The maximum absolute atomic E-state index is 12.3. The summed E-state index contributed by atoms with van der Waals surface area (Å²) in [5, 5.41) is 21.1. The Bertz CT molecular complexity index is 874. The van der Waals surface area contributed by atoms with Gasteiger partial charge in [0.15, 0.2) is 0 Å². The smallest absolute Gasteiger partial charge is 0.260 e. The number of likely N-dealkylation sites (N-methyl/N-ethyl adjacent to an activating group) is 1. The van der Waals surface area contributed by atoms with Gasteiger partial charge in [-0.15, -0.1) is 0 Å². The first-order chi connectivity index (χ1) is 12.4. The molecule has 2 aliphatic rings. The van der Waals surface area contributed by atoms with Crippen LogP contribution in [0, 0.1) is 5.92 Å². The summed E-state index contributed by atoms with van der Waals surface area (Å²) in [4.78, 5) is 37.4. The molecule has 134 valence electrons. The van der Waals surface area contributed by atoms with Gasteiger partial charge in [0.25, 0.3) is 5.91 Å². The van der Waals surface area contributed by atoms with Crippen LogP contribution in [-0.4, -0.2) is 47.0 Å². The lowest BCUT2D eigenvalue weighted by molar-refractivity contribution is -0.144. The third-order valence-corrected chi connectivity index (χ3v) is 4.21. The molecular weight excluding hydrogens is 338 g/mol. The minimum atomic E-state index is -0.730. The maximum atomic E-state index is 12.3. The number of rotatable bonds is 4. The number of hydrogen-bond acceptors (Lipinski definition) is 7. The predicted molar refractivity (Wildman–Crippen MR) is 91.1 cm³/mol. The highest BCUT2D eigenvalue weighted by atomic mass is 16.3. The van der Waals surface area contributed by atoms with Crippen molar-refractivity contribution >= 4 is 23.9 Å². The molecule has 0 aromatic heterocycles. The van der Waals surface area contributed by atoms with E-state index in [0.717, 1.165) is 4.90 Å². The number of aromatic hydroxyl groups is 1. The first-order valence-corrected chi connectivity index (χ1v) is 7.96. The number of nitrogens with one attached hydrogen (secondary N) is 1. The van der Waals surface area contributed by atoms with Crippen LogP contribution < -0.4 is 5.43 Å². The van der Waals surface area contributed by atoms with Gasteiger partial charge in [0.1, 0.15) is 11.8 Å². The van der Waals surface area contributed by atoms with Crippen LogP contribution in [0.4, 0.5) is 0 Å². The number of phenols is 1. The molecule has 2 aliphatic heterocycles. The highest BCUT2D eigenvalue weighted by molar-refractivity contribution is 6.10. The van der Waals surface area contributed by atoms with E-state index >= 15 is 0 Å². The number of hydrogen-bond donors (Lipinski definition) is 2. The van der Waals surface area contributed by atoms with Gasteiger partial charge in [-0.05, 0) is 24.6 Å². The van der Waals surface area contributed by atoms with Gasteiger partial charge in [-0.25, -0.2) is 5.43 Å². The third-order valence-electron chi connectivity index (χ3n) is 4.21. The van der Waals surface area contributed by atoms with Gasteiger partial charge >= 0.3 is 0 Å². The van der Waals surface area contributed by atoms with E-state index in [0.29, 0.717) is 11.3 Å². The molecular formula is C17H17N5O4. The maximum Gasteiger partial charge on any atom is 0.260 e. The number of amides is 3. The van der Waals surface area contributed by atoms with Gasteiger partial charge in [-0.3, -0.25) is 19.3 Å². The molecule has 0 saturated carbocycles. The lowest BCUT2D eigenvalue weighted by Gasteiger charge is -2.26. The standard InChI is InChI=1S/C17H17N5O4/c1-9-15-14(17(26)22(2)16(9)25)12(19-21-15)7-13(24)20-18-8-10-4-3-5-11(23)6-10/h3-6,8-9,12,23H,7H2,1-2H3,(H,20,24)/b18-8+. The lowest BCUT2D eigenvalue weighted by Crippen LogP contribution is -2.44. The Balaban J connectivity index is 1.65. The highest BCUT2D eigenvalue weighted by Crippen LogP contribution is 2.35. The molecule has 9 heteroatoms. The first-order valence-electron chi connectivity index (χ1n) is 7.96. The largest absolute Gasteiger partial charge is 0.508 e. The van der Waals surface area contributed by atoms with E-state index in [1.54, 1.807) is 19.1 Å². The van der Waals surface area contributed by atoms with Crippen molar-refractivity contribution in [3.05, 3.63) is 41.1 Å². The number of benzene rings is 1. The Morgan fingerprint density at radius 1 is 1.42 bits per heavy atom. The minimum Gasteiger partial charge on any atom is -0.508 e. The van der Waals surface area contributed by atoms with Crippen molar-refractivity contribution < 1.29 is 19.5 Å². The van der Waals surface area contributed by atoms with Crippen molar-refractivity contribution in [2.45, 2.75) is 19.4 Å². The fourth-order valence-corrected chi connectivity index (χ4v) is 2.82. The molecule has 0 bridgehead atoms. The summed E-state index contributed by atoms with van der Waals surface area (Å²) in [6, 6.07) is 5.65. The summed E-state index contributed by atoms with van der Waals surface area (Å²) in [5.74, 6) is -1.73. The van der Waals surface area contributed by atoms with Gasteiger partial charge in [0, 0.05) is 7.05 Å². The molecule has 9 nitrogen and oxygen atoms in total. The van der Waals surface area contributed by atoms with Crippen LogP contribution >= 0.6 is 0 Å². The lowest BCUT2D eigenvalue weighted by atomic mass is 9.91. The predicted octanol–water partition coefficient (Wildman–Crippen LogP) is 0.956. The van der Waals surface area contributed by atoms with Crippen LogP contribution in [0.1, 0.15) is 18.9 Å². The monoisotopic (exact) mass is 355 g/mol. The fourth-order valence-electron chi connectivity index (χ4n) is 2.82. The number of imide groups is 1. The van der Waals surface area contributed by atoms with Crippen LogP contribution in [0.5, 0.6) is 5.75 Å². The molecule has 3 rings (SSSR count).